The first kappa shape index (κ1) is 54.3. The lowest BCUT2D eigenvalue weighted by molar-refractivity contribution is 0.0941. The average Bonchev–Trinajstić information content (AvgIpc) is 3.29. The van der Waals surface area contributed by atoms with Crippen LogP contribution < -0.4 is 31.6 Å². The Labute approximate surface area is 415 Å². The van der Waals surface area contributed by atoms with E-state index < -0.39 is 0 Å². The Morgan fingerprint density at radius 1 is 0.529 bits per heavy atom. The summed E-state index contributed by atoms with van der Waals surface area (Å²) in [4.78, 5) is 66.5. The molecule has 0 saturated heterocycles. The molecule has 372 valence electrons. The van der Waals surface area contributed by atoms with E-state index in [4.69, 9.17) is 23.2 Å². The number of carbonyl (C=O) groups is 2. The van der Waals surface area contributed by atoms with Crippen LogP contribution in [0.5, 0.6) is 0 Å². The van der Waals surface area contributed by atoms with E-state index in [2.05, 4.69) is 96.1 Å². The third-order valence-electron chi connectivity index (χ3n) is 14.4. The molecule has 68 heavy (non-hydrogen) atoms. The number of carbonyl (C=O) groups excluding carboxylic acids is 2. The number of hydrogen-bond acceptors (Lipinski definition) is 8. The Morgan fingerprint density at radius 2 is 0.853 bits per heavy atom. The normalized spacial score (nSPS) is 18.2. The van der Waals surface area contributed by atoms with Crippen molar-refractivity contribution in [2.75, 3.05) is 51.1 Å². The van der Waals surface area contributed by atoms with Gasteiger partial charge < -0.3 is 40.2 Å². The van der Waals surface area contributed by atoms with Gasteiger partial charge in [-0.2, -0.15) is 0 Å². The topological polar surface area (TPSA) is 137 Å². The molecule has 0 bridgehead atoms. The van der Waals surface area contributed by atoms with Crippen molar-refractivity contribution < 1.29 is 9.59 Å². The number of aromatic nitrogens is 2. The van der Waals surface area contributed by atoms with Crippen molar-refractivity contribution in [1.29, 1.82) is 0 Å². The maximum absolute atomic E-state index is 13.3. The number of amides is 2. The monoisotopic (exact) mass is 973 g/mol. The van der Waals surface area contributed by atoms with Gasteiger partial charge in [0.15, 0.2) is 0 Å². The van der Waals surface area contributed by atoms with Crippen LogP contribution in [0.25, 0.3) is 0 Å². The van der Waals surface area contributed by atoms with Gasteiger partial charge in [0, 0.05) is 105 Å². The summed E-state index contributed by atoms with van der Waals surface area (Å²) in [7, 11) is 8.63. The third kappa shape index (κ3) is 13.4. The highest BCUT2D eigenvalue weighted by atomic mass is 35.5. The molecule has 2 aromatic heterocycles. The van der Waals surface area contributed by atoms with Gasteiger partial charge in [-0.05, 0) is 193 Å². The zero-order chi connectivity index (χ0) is 50.0. The van der Waals surface area contributed by atoms with Crippen LogP contribution >= 0.6 is 23.2 Å². The standard InChI is InChI=1S/2C27H39ClN4O2/c2*1-7-22-23(26(33)29-16-24-17(3)13-18(4)30-27(24)34)14-19(28)15-25(22)32(8-2)21-11-9-20(10-12-21)31(5)6/h2*13-15,20-21H,7-12,16H2,1-6H3,(H,29,33)(H,30,34). The molecule has 12 nitrogen and oxygen atoms in total. The smallest absolute Gasteiger partial charge is 0.253 e. The van der Waals surface area contributed by atoms with Crippen molar-refractivity contribution in [2.45, 2.75) is 157 Å². The summed E-state index contributed by atoms with van der Waals surface area (Å²) in [6, 6.07) is 13.5. The molecular weight excluding hydrogens is 896 g/mol. The van der Waals surface area contributed by atoms with E-state index in [1.807, 2.05) is 52.0 Å². The number of anilines is 2. The number of aryl methyl sites for hydroxylation is 4. The number of rotatable bonds is 16. The lowest BCUT2D eigenvalue weighted by atomic mass is 9.88. The van der Waals surface area contributed by atoms with E-state index in [-0.39, 0.29) is 36.0 Å². The molecule has 6 rings (SSSR count). The third-order valence-corrected chi connectivity index (χ3v) is 14.8. The molecule has 0 unspecified atom stereocenters. The fourth-order valence-corrected chi connectivity index (χ4v) is 11.1. The second kappa shape index (κ2) is 24.8. The number of nitrogens with zero attached hydrogens (tertiary/aromatic N) is 4. The zero-order valence-corrected chi connectivity index (χ0v) is 44.4. The fourth-order valence-electron chi connectivity index (χ4n) is 10.7. The van der Waals surface area contributed by atoms with E-state index in [1.165, 1.54) is 25.7 Å². The SMILES string of the molecule is CCc1c(C(=O)NCc2c(C)cc(C)[nH]c2=O)cc(Cl)cc1N(CC)C1CCC(N(C)C)CC1.CCc1c(C(=O)NCc2c(C)cc(C)[nH]c2=O)cc(Cl)cc1N(CC)C1CCC(N(C)C)CC1. The van der Waals surface area contributed by atoms with Crippen LogP contribution in [0, 0.1) is 27.7 Å². The lowest BCUT2D eigenvalue weighted by Gasteiger charge is -2.40. The summed E-state index contributed by atoms with van der Waals surface area (Å²) in [6.45, 7) is 18.1. The molecule has 2 saturated carbocycles. The van der Waals surface area contributed by atoms with Crippen molar-refractivity contribution in [3.63, 3.8) is 0 Å². The minimum atomic E-state index is -0.202. The number of aromatic amines is 2. The summed E-state index contributed by atoms with van der Waals surface area (Å²) in [5, 5.41) is 7.03. The molecule has 0 radical (unpaired) electrons. The maximum Gasteiger partial charge on any atom is 0.253 e. The van der Waals surface area contributed by atoms with Crippen LogP contribution in [0.1, 0.15) is 145 Å². The molecule has 4 N–H and O–H groups in total. The number of hydrogen-bond donors (Lipinski definition) is 4. The van der Waals surface area contributed by atoms with Crippen molar-refractivity contribution in [3.05, 3.63) is 123 Å². The Morgan fingerprint density at radius 3 is 1.13 bits per heavy atom. The summed E-state index contributed by atoms with van der Waals surface area (Å²) in [5.41, 5.74) is 9.49. The average molecular weight is 974 g/mol. The number of benzene rings is 2. The fraction of sp³-hybridized carbons (Fsp3) is 0.556. The summed E-state index contributed by atoms with van der Waals surface area (Å²) in [6.07, 6.45) is 10.7. The molecule has 2 aromatic carbocycles. The van der Waals surface area contributed by atoms with Gasteiger partial charge in [-0.25, -0.2) is 0 Å². The highest BCUT2D eigenvalue weighted by molar-refractivity contribution is 6.31. The molecule has 4 aromatic rings. The molecule has 2 heterocycles. The number of nitrogens with one attached hydrogen (secondary N) is 4. The second-order valence-electron chi connectivity index (χ2n) is 19.3. The maximum atomic E-state index is 13.3. The Kier molecular flexibility index (Phi) is 19.8. The number of H-pyrrole nitrogens is 2. The zero-order valence-electron chi connectivity index (χ0n) is 42.9. The predicted molar refractivity (Wildman–Crippen MR) is 283 cm³/mol. The van der Waals surface area contributed by atoms with Gasteiger partial charge in [-0.3, -0.25) is 19.2 Å². The highest BCUT2D eigenvalue weighted by Gasteiger charge is 2.31. The quantitative estimate of drug-likeness (QED) is 0.0872. The van der Waals surface area contributed by atoms with Crippen LogP contribution in [0.4, 0.5) is 11.4 Å². The van der Waals surface area contributed by atoms with E-state index in [1.54, 1.807) is 12.1 Å². The van der Waals surface area contributed by atoms with Crippen LogP contribution in [-0.2, 0) is 25.9 Å². The molecule has 2 aliphatic rings. The molecule has 0 atom stereocenters. The molecule has 14 heteroatoms. The van der Waals surface area contributed by atoms with Gasteiger partial charge >= 0.3 is 0 Å². The Balaban J connectivity index is 0.000000254. The first-order valence-electron chi connectivity index (χ1n) is 24.8. The Hall–Kier alpha value is -4.62. The van der Waals surface area contributed by atoms with Crippen LogP contribution in [0.15, 0.2) is 46.0 Å². The van der Waals surface area contributed by atoms with Crippen molar-refractivity contribution in [1.82, 2.24) is 30.4 Å². The van der Waals surface area contributed by atoms with E-state index in [9.17, 15) is 19.2 Å². The summed E-state index contributed by atoms with van der Waals surface area (Å²) in [5.74, 6) is -0.403. The summed E-state index contributed by atoms with van der Waals surface area (Å²) >= 11 is 13.1. The van der Waals surface area contributed by atoms with Crippen LogP contribution in [-0.4, -0.2) is 97.0 Å². The molecular formula is C54H78Cl2N8O4. The molecule has 2 amide bonds. The highest BCUT2D eigenvalue weighted by Crippen LogP contribution is 2.37. The minimum absolute atomic E-state index is 0.161. The summed E-state index contributed by atoms with van der Waals surface area (Å²) < 4.78 is 0. The van der Waals surface area contributed by atoms with Gasteiger partial charge in [0.1, 0.15) is 0 Å². The van der Waals surface area contributed by atoms with Crippen LogP contribution in [0.2, 0.25) is 10.0 Å². The second-order valence-corrected chi connectivity index (χ2v) is 20.2. The van der Waals surface area contributed by atoms with Gasteiger partial charge in [0.05, 0.1) is 0 Å². The minimum Gasteiger partial charge on any atom is -0.369 e. The predicted octanol–water partition coefficient (Wildman–Crippen LogP) is 9.67. The van der Waals surface area contributed by atoms with E-state index >= 15 is 0 Å². The number of halogens is 2. The van der Waals surface area contributed by atoms with Gasteiger partial charge in [-0.15, -0.1) is 0 Å². The van der Waals surface area contributed by atoms with E-state index in [0.717, 1.165) is 96.6 Å². The first-order valence-corrected chi connectivity index (χ1v) is 25.5. The van der Waals surface area contributed by atoms with Gasteiger partial charge in [0.2, 0.25) is 0 Å². The van der Waals surface area contributed by atoms with E-state index in [0.29, 0.717) is 56.5 Å². The van der Waals surface area contributed by atoms with Gasteiger partial charge in [0.25, 0.3) is 22.9 Å². The number of pyridine rings is 2. The molecule has 2 aliphatic carbocycles. The Bertz CT molecular complexity index is 2310. The molecule has 0 spiro atoms. The van der Waals surface area contributed by atoms with Gasteiger partial charge in [-0.1, -0.05) is 37.0 Å². The van der Waals surface area contributed by atoms with Crippen molar-refractivity contribution in [3.8, 4) is 0 Å². The van der Waals surface area contributed by atoms with Crippen LogP contribution in [0.3, 0.4) is 0 Å². The largest absolute Gasteiger partial charge is 0.369 e. The van der Waals surface area contributed by atoms with Crippen molar-refractivity contribution in [2.24, 2.45) is 0 Å². The molecule has 0 aliphatic heterocycles. The van der Waals surface area contributed by atoms with Crippen molar-refractivity contribution >= 4 is 46.4 Å². The first-order chi connectivity index (χ1) is 32.3. The molecule has 2 fully saturated rings. The lowest BCUT2D eigenvalue weighted by Crippen LogP contribution is -2.42.